The molecule has 0 aliphatic heterocycles. The number of carbonyl (C=O) groups is 3. The molecular weight excluding hydrogens is 685 g/mol. The number of esters is 3. The highest BCUT2D eigenvalue weighted by Gasteiger charge is 2.19. The molecule has 0 heterocycles. The third-order valence-electron chi connectivity index (χ3n) is 10.5. The highest BCUT2D eigenvalue weighted by molar-refractivity contribution is 5.71. The van der Waals surface area contributed by atoms with Crippen molar-refractivity contribution in [2.45, 2.75) is 258 Å². The number of rotatable bonds is 43. The van der Waals surface area contributed by atoms with Crippen LogP contribution in [0.15, 0.2) is 24.3 Å². The van der Waals surface area contributed by atoms with E-state index in [9.17, 15) is 14.4 Å². The van der Waals surface area contributed by atoms with Crippen LogP contribution in [0, 0.1) is 0 Å². The topological polar surface area (TPSA) is 78.9 Å². The molecule has 0 rings (SSSR count). The van der Waals surface area contributed by atoms with Gasteiger partial charge in [-0.05, 0) is 38.5 Å². The molecule has 0 spiro atoms. The summed E-state index contributed by atoms with van der Waals surface area (Å²) >= 11 is 0. The lowest BCUT2D eigenvalue weighted by atomic mass is 10.0. The maximum atomic E-state index is 12.7. The summed E-state index contributed by atoms with van der Waals surface area (Å²) in [6.45, 7) is 6.57. The fourth-order valence-electron chi connectivity index (χ4n) is 6.83. The van der Waals surface area contributed by atoms with E-state index in [1.54, 1.807) is 0 Å². The normalized spacial score (nSPS) is 12.1. The smallest absolute Gasteiger partial charge is 0.306 e. The minimum atomic E-state index is -0.774. The van der Waals surface area contributed by atoms with Crippen LogP contribution in [0.2, 0.25) is 0 Å². The number of allylic oxidation sites excluding steroid dienone is 4. The summed E-state index contributed by atoms with van der Waals surface area (Å²) in [4.78, 5) is 37.8. The molecule has 0 bridgehead atoms. The van der Waals surface area contributed by atoms with Crippen LogP contribution in [-0.4, -0.2) is 37.2 Å². The molecule has 6 nitrogen and oxygen atoms in total. The Bertz CT molecular complexity index is 896. The van der Waals surface area contributed by atoms with Gasteiger partial charge in [-0.25, -0.2) is 0 Å². The van der Waals surface area contributed by atoms with E-state index in [-0.39, 0.29) is 31.1 Å². The lowest BCUT2D eigenvalue weighted by molar-refractivity contribution is -0.167. The molecule has 0 aliphatic carbocycles. The minimum Gasteiger partial charge on any atom is -0.462 e. The third kappa shape index (κ3) is 42.9. The van der Waals surface area contributed by atoms with E-state index in [1.165, 1.54) is 141 Å². The third-order valence-corrected chi connectivity index (χ3v) is 10.5. The van der Waals surface area contributed by atoms with Gasteiger partial charge in [0.1, 0.15) is 13.2 Å². The van der Waals surface area contributed by atoms with E-state index in [1.807, 2.05) is 0 Å². The Hall–Kier alpha value is -2.11. The number of ether oxygens (including phenoxy) is 3. The van der Waals surface area contributed by atoms with Crippen molar-refractivity contribution in [2.75, 3.05) is 13.2 Å². The highest BCUT2D eigenvalue weighted by Crippen LogP contribution is 2.15. The first kappa shape index (κ1) is 52.9. The second kappa shape index (κ2) is 44.6. The molecule has 1 atom stereocenters. The summed E-state index contributed by atoms with van der Waals surface area (Å²) in [7, 11) is 0. The van der Waals surface area contributed by atoms with Gasteiger partial charge < -0.3 is 14.2 Å². The molecule has 0 aromatic carbocycles. The maximum Gasteiger partial charge on any atom is 0.306 e. The summed E-state index contributed by atoms with van der Waals surface area (Å²) in [6, 6.07) is 0. The van der Waals surface area contributed by atoms with Crippen molar-refractivity contribution in [2.24, 2.45) is 0 Å². The van der Waals surface area contributed by atoms with Gasteiger partial charge >= 0.3 is 17.9 Å². The molecule has 0 aliphatic rings. The van der Waals surface area contributed by atoms with Crippen molar-refractivity contribution in [3.8, 4) is 0 Å². The van der Waals surface area contributed by atoms with E-state index < -0.39 is 6.10 Å². The quantitative estimate of drug-likeness (QED) is 0.0266. The van der Waals surface area contributed by atoms with Crippen LogP contribution < -0.4 is 0 Å². The van der Waals surface area contributed by atoms with Gasteiger partial charge in [-0.15, -0.1) is 0 Å². The second-order valence-electron chi connectivity index (χ2n) is 16.1. The number of hydrogen-bond acceptors (Lipinski definition) is 6. The Morgan fingerprint density at radius 1 is 0.364 bits per heavy atom. The van der Waals surface area contributed by atoms with Crippen molar-refractivity contribution in [3.63, 3.8) is 0 Å². The molecule has 0 radical (unpaired) electrons. The number of hydrogen-bond donors (Lipinski definition) is 0. The molecule has 0 fully saturated rings. The van der Waals surface area contributed by atoms with Gasteiger partial charge in [-0.3, -0.25) is 14.4 Å². The Labute approximate surface area is 341 Å². The molecule has 0 aromatic rings. The molecule has 0 amide bonds. The van der Waals surface area contributed by atoms with Crippen molar-refractivity contribution in [1.82, 2.24) is 0 Å². The van der Waals surface area contributed by atoms with E-state index in [0.717, 1.165) is 70.6 Å². The molecule has 0 N–H and O–H groups in total. The van der Waals surface area contributed by atoms with Crippen molar-refractivity contribution >= 4 is 17.9 Å². The Balaban J connectivity index is 4.37. The van der Waals surface area contributed by atoms with Crippen LogP contribution in [0.3, 0.4) is 0 Å². The van der Waals surface area contributed by atoms with Crippen LogP contribution >= 0.6 is 0 Å². The summed E-state index contributed by atoms with van der Waals surface area (Å²) < 4.78 is 16.7. The molecule has 6 heteroatoms. The Kier molecular flexibility index (Phi) is 42.9. The van der Waals surface area contributed by atoms with Crippen LogP contribution in [-0.2, 0) is 28.6 Å². The zero-order valence-electron chi connectivity index (χ0n) is 36.7. The van der Waals surface area contributed by atoms with E-state index in [2.05, 4.69) is 45.1 Å². The van der Waals surface area contributed by atoms with Crippen LogP contribution in [0.5, 0.6) is 0 Å². The van der Waals surface area contributed by atoms with Gasteiger partial charge in [0, 0.05) is 19.3 Å². The van der Waals surface area contributed by atoms with Gasteiger partial charge in [0.2, 0.25) is 0 Å². The summed E-state index contributed by atoms with van der Waals surface area (Å²) in [5, 5.41) is 0. The first-order valence-electron chi connectivity index (χ1n) is 23.9. The SMILES string of the molecule is CCCC/C=C\C=C/CCCCCC(=O)OCC(COC(=O)CCCCCCCCCCCCCCC)OC(=O)CCCCCCCCCCCCCCC. The van der Waals surface area contributed by atoms with Gasteiger partial charge in [0.25, 0.3) is 0 Å². The Morgan fingerprint density at radius 2 is 0.655 bits per heavy atom. The Morgan fingerprint density at radius 3 is 1.02 bits per heavy atom. The molecule has 0 aromatic heterocycles. The van der Waals surface area contributed by atoms with Crippen molar-refractivity contribution < 1.29 is 28.6 Å². The van der Waals surface area contributed by atoms with Crippen LogP contribution in [0.4, 0.5) is 0 Å². The average Bonchev–Trinajstić information content (AvgIpc) is 3.18. The summed E-state index contributed by atoms with van der Waals surface area (Å²) in [5.74, 6) is -0.896. The molecule has 0 saturated heterocycles. The highest BCUT2D eigenvalue weighted by atomic mass is 16.6. The zero-order valence-corrected chi connectivity index (χ0v) is 36.7. The van der Waals surface area contributed by atoms with Gasteiger partial charge in [0.05, 0.1) is 0 Å². The molecule has 322 valence electrons. The molecule has 1 unspecified atom stereocenters. The van der Waals surface area contributed by atoms with E-state index in [4.69, 9.17) is 14.2 Å². The van der Waals surface area contributed by atoms with Crippen molar-refractivity contribution in [3.05, 3.63) is 24.3 Å². The maximum absolute atomic E-state index is 12.7. The van der Waals surface area contributed by atoms with Crippen LogP contribution in [0.1, 0.15) is 252 Å². The predicted octanol–water partition coefficient (Wildman–Crippen LogP) is 15.2. The standard InChI is InChI=1S/C49H90O6/c1-4-7-10-13-16-19-22-24-27-30-33-36-39-42-48(51)54-45-46(44-53-47(50)41-38-35-32-29-26-21-18-15-12-9-6-3)55-49(52)43-40-37-34-31-28-25-23-20-17-14-11-8-5-2/h15,18,21,26,46H,4-14,16-17,19-20,22-25,27-45H2,1-3H3/b18-15-,26-21-. The van der Waals surface area contributed by atoms with Gasteiger partial charge in [-0.1, -0.05) is 218 Å². The second-order valence-corrected chi connectivity index (χ2v) is 16.1. The minimum absolute atomic E-state index is 0.0753. The van der Waals surface area contributed by atoms with E-state index in [0.29, 0.717) is 19.3 Å². The molecule has 55 heavy (non-hydrogen) atoms. The fraction of sp³-hybridized carbons (Fsp3) is 0.857. The predicted molar refractivity (Wildman–Crippen MR) is 233 cm³/mol. The van der Waals surface area contributed by atoms with Gasteiger partial charge in [0.15, 0.2) is 6.10 Å². The fourth-order valence-corrected chi connectivity index (χ4v) is 6.83. The van der Waals surface area contributed by atoms with Crippen LogP contribution in [0.25, 0.3) is 0 Å². The number of carbonyl (C=O) groups excluding carboxylic acids is 3. The summed E-state index contributed by atoms with van der Waals surface area (Å²) in [5.41, 5.74) is 0. The largest absolute Gasteiger partial charge is 0.462 e. The molecule has 0 saturated carbocycles. The van der Waals surface area contributed by atoms with Gasteiger partial charge in [-0.2, -0.15) is 0 Å². The first-order valence-corrected chi connectivity index (χ1v) is 23.9. The van der Waals surface area contributed by atoms with Crippen molar-refractivity contribution in [1.29, 1.82) is 0 Å². The van der Waals surface area contributed by atoms with E-state index >= 15 is 0 Å². The monoisotopic (exact) mass is 775 g/mol. The molecular formula is C49H90O6. The first-order chi connectivity index (χ1) is 27.0. The lowest BCUT2D eigenvalue weighted by Gasteiger charge is -2.18. The lowest BCUT2D eigenvalue weighted by Crippen LogP contribution is -2.30. The number of unbranched alkanes of at least 4 members (excludes halogenated alkanes) is 29. The zero-order chi connectivity index (χ0) is 40.1. The average molecular weight is 775 g/mol. The summed E-state index contributed by atoms with van der Waals surface area (Å²) in [6.07, 6.45) is 48.7.